The van der Waals surface area contributed by atoms with Crippen LogP contribution in [0.15, 0.2) is 66.7 Å². The summed E-state index contributed by atoms with van der Waals surface area (Å²) in [5, 5.41) is 1.61. The molecule has 0 bridgehead atoms. The normalized spacial score (nSPS) is 20.7. The standard InChI is InChI=1S/C28H28N2O7/c1-5-36-19-13-9-12-18(14-19)29-27(31)24-25(20-15-22(34-3)23(35-4)16-21(20)33-2)30(37-26(24)28(29)32)17-10-7-6-8-11-17/h6-16,24-26H,5H2,1-4H3/t24-,25+,26+/m0/s1. The van der Waals surface area contributed by atoms with Crippen LogP contribution in [-0.2, 0) is 14.4 Å². The second-order valence-electron chi connectivity index (χ2n) is 8.55. The van der Waals surface area contributed by atoms with Crippen molar-refractivity contribution in [1.82, 2.24) is 0 Å². The van der Waals surface area contributed by atoms with Crippen LogP contribution in [0, 0.1) is 5.92 Å². The van der Waals surface area contributed by atoms with Crippen LogP contribution < -0.4 is 28.9 Å². The lowest BCUT2D eigenvalue weighted by molar-refractivity contribution is -0.126. The number of rotatable bonds is 8. The molecule has 9 heteroatoms. The molecule has 0 saturated carbocycles. The Balaban J connectivity index is 1.63. The van der Waals surface area contributed by atoms with E-state index < -0.39 is 24.0 Å². The van der Waals surface area contributed by atoms with Gasteiger partial charge >= 0.3 is 0 Å². The number of anilines is 2. The molecule has 0 aliphatic carbocycles. The van der Waals surface area contributed by atoms with Gasteiger partial charge in [0.1, 0.15) is 23.5 Å². The van der Waals surface area contributed by atoms with Crippen molar-refractivity contribution >= 4 is 23.2 Å². The van der Waals surface area contributed by atoms with E-state index >= 15 is 0 Å². The topological polar surface area (TPSA) is 86.8 Å². The molecule has 0 N–H and O–H groups in total. The number of hydrogen-bond donors (Lipinski definition) is 0. The number of carbonyl (C=O) groups is 2. The largest absolute Gasteiger partial charge is 0.496 e. The lowest BCUT2D eigenvalue weighted by Crippen LogP contribution is -2.37. The van der Waals surface area contributed by atoms with Crippen LogP contribution in [0.4, 0.5) is 11.4 Å². The van der Waals surface area contributed by atoms with E-state index in [9.17, 15) is 9.59 Å². The first kappa shape index (κ1) is 24.5. The quantitative estimate of drug-likeness (QED) is 0.423. The molecule has 3 atom stereocenters. The molecule has 5 rings (SSSR count). The maximum absolute atomic E-state index is 14.0. The number of carbonyl (C=O) groups excluding carboxylic acids is 2. The van der Waals surface area contributed by atoms with Gasteiger partial charge in [0.2, 0.25) is 5.91 Å². The van der Waals surface area contributed by atoms with Gasteiger partial charge in [0.05, 0.1) is 39.3 Å². The SMILES string of the molecule is CCOc1cccc(N2C(=O)[C@H]3[C@@H](c4cc(OC)c(OC)cc4OC)N(c4ccccc4)O[C@H]3C2=O)c1. The number of benzene rings is 3. The first-order valence-corrected chi connectivity index (χ1v) is 11.9. The molecular formula is C28H28N2O7. The second-order valence-corrected chi connectivity index (χ2v) is 8.55. The Morgan fingerprint density at radius 3 is 2.14 bits per heavy atom. The first-order valence-electron chi connectivity index (χ1n) is 11.9. The number of methoxy groups -OCH3 is 3. The molecule has 0 unspecified atom stereocenters. The smallest absolute Gasteiger partial charge is 0.266 e. The third-order valence-electron chi connectivity index (χ3n) is 6.57. The number of nitrogens with zero attached hydrogens (tertiary/aromatic N) is 2. The van der Waals surface area contributed by atoms with E-state index in [4.69, 9.17) is 23.8 Å². The van der Waals surface area contributed by atoms with Crippen LogP contribution in [0.2, 0.25) is 0 Å². The molecule has 2 amide bonds. The fourth-order valence-corrected chi connectivity index (χ4v) is 4.95. The van der Waals surface area contributed by atoms with Crippen LogP contribution in [0.3, 0.4) is 0 Å². The van der Waals surface area contributed by atoms with Crippen molar-refractivity contribution in [3.05, 3.63) is 72.3 Å². The number of ether oxygens (including phenoxy) is 4. The number of para-hydroxylation sites is 1. The monoisotopic (exact) mass is 504 g/mol. The fraction of sp³-hybridized carbons (Fsp3) is 0.286. The lowest BCUT2D eigenvalue weighted by Gasteiger charge is -2.30. The van der Waals surface area contributed by atoms with Gasteiger partial charge in [-0.3, -0.25) is 14.4 Å². The molecule has 2 saturated heterocycles. The van der Waals surface area contributed by atoms with Gasteiger partial charge in [-0.2, -0.15) is 0 Å². The van der Waals surface area contributed by atoms with Crippen molar-refractivity contribution in [2.75, 3.05) is 37.9 Å². The zero-order valence-electron chi connectivity index (χ0n) is 21.0. The maximum Gasteiger partial charge on any atom is 0.266 e. The van der Waals surface area contributed by atoms with Crippen molar-refractivity contribution in [2.45, 2.75) is 19.1 Å². The predicted octanol–water partition coefficient (Wildman–Crippen LogP) is 4.16. The molecule has 2 aliphatic heterocycles. The molecule has 3 aromatic carbocycles. The van der Waals surface area contributed by atoms with E-state index in [1.54, 1.807) is 41.5 Å². The van der Waals surface area contributed by atoms with E-state index in [-0.39, 0.29) is 5.91 Å². The molecule has 37 heavy (non-hydrogen) atoms. The molecule has 0 radical (unpaired) electrons. The molecular weight excluding hydrogens is 476 g/mol. The van der Waals surface area contributed by atoms with Gasteiger partial charge in [-0.15, -0.1) is 0 Å². The number of hydroxylamine groups is 1. The maximum atomic E-state index is 14.0. The summed E-state index contributed by atoms with van der Waals surface area (Å²) in [5.74, 6) is 0.346. The molecule has 192 valence electrons. The lowest BCUT2D eigenvalue weighted by atomic mass is 9.89. The fourth-order valence-electron chi connectivity index (χ4n) is 4.95. The van der Waals surface area contributed by atoms with E-state index in [2.05, 4.69) is 0 Å². The van der Waals surface area contributed by atoms with E-state index in [1.165, 1.54) is 26.2 Å². The van der Waals surface area contributed by atoms with Crippen molar-refractivity contribution in [2.24, 2.45) is 5.92 Å². The van der Waals surface area contributed by atoms with Crippen LogP contribution in [-0.4, -0.2) is 45.9 Å². The third kappa shape index (κ3) is 4.11. The zero-order valence-corrected chi connectivity index (χ0v) is 21.0. The summed E-state index contributed by atoms with van der Waals surface area (Å²) in [6.07, 6.45) is -1.02. The van der Waals surface area contributed by atoms with Gasteiger partial charge in [-0.1, -0.05) is 24.3 Å². The minimum Gasteiger partial charge on any atom is -0.496 e. The Kier molecular flexibility index (Phi) is 6.62. The molecule has 0 aromatic heterocycles. The van der Waals surface area contributed by atoms with Gasteiger partial charge in [0.25, 0.3) is 5.91 Å². The Hall–Kier alpha value is -4.24. The Labute approximate surface area is 215 Å². The Morgan fingerprint density at radius 1 is 0.784 bits per heavy atom. The minimum atomic E-state index is -1.02. The van der Waals surface area contributed by atoms with Crippen LogP contribution in [0.1, 0.15) is 18.5 Å². The number of imide groups is 1. The van der Waals surface area contributed by atoms with E-state index in [1.807, 2.05) is 37.3 Å². The van der Waals surface area contributed by atoms with Gasteiger partial charge in [-0.25, -0.2) is 9.96 Å². The minimum absolute atomic E-state index is 0.371. The molecule has 3 aromatic rings. The van der Waals surface area contributed by atoms with Crippen LogP contribution in [0.25, 0.3) is 0 Å². The summed E-state index contributed by atoms with van der Waals surface area (Å²) in [7, 11) is 4.61. The Morgan fingerprint density at radius 2 is 1.46 bits per heavy atom. The molecule has 2 aliphatic rings. The van der Waals surface area contributed by atoms with Gasteiger partial charge in [0, 0.05) is 17.7 Å². The van der Waals surface area contributed by atoms with Crippen molar-refractivity contribution in [3.63, 3.8) is 0 Å². The summed E-state index contributed by atoms with van der Waals surface area (Å²) in [4.78, 5) is 35.0. The van der Waals surface area contributed by atoms with Crippen molar-refractivity contribution in [1.29, 1.82) is 0 Å². The average molecular weight is 505 g/mol. The first-order chi connectivity index (χ1) is 18.0. The van der Waals surface area contributed by atoms with Crippen molar-refractivity contribution in [3.8, 4) is 23.0 Å². The van der Waals surface area contributed by atoms with E-state index in [0.717, 1.165) is 0 Å². The predicted molar refractivity (Wildman–Crippen MR) is 136 cm³/mol. The van der Waals surface area contributed by atoms with Gasteiger partial charge in [-0.05, 0) is 37.3 Å². The number of fused-ring (bicyclic) bond motifs is 1. The van der Waals surface area contributed by atoms with Crippen LogP contribution in [0.5, 0.6) is 23.0 Å². The highest BCUT2D eigenvalue weighted by Gasteiger charge is 2.61. The number of amides is 2. The highest BCUT2D eigenvalue weighted by atomic mass is 16.7. The second kappa shape index (κ2) is 10.0. The molecule has 2 fully saturated rings. The highest BCUT2D eigenvalue weighted by Crippen LogP contribution is 2.51. The molecule has 2 heterocycles. The zero-order chi connectivity index (χ0) is 26.1. The third-order valence-corrected chi connectivity index (χ3v) is 6.57. The van der Waals surface area contributed by atoms with Crippen LogP contribution >= 0.6 is 0 Å². The number of hydrogen-bond acceptors (Lipinski definition) is 8. The average Bonchev–Trinajstić information content (AvgIpc) is 3.44. The molecule has 0 spiro atoms. The summed E-state index contributed by atoms with van der Waals surface area (Å²) in [5.41, 5.74) is 1.76. The summed E-state index contributed by atoms with van der Waals surface area (Å²) in [6.45, 7) is 2.34. The molecule has 9 nitrogen and oxygen atoms in total. The summed E-state index contributed by atoms with van der Waals surface area (Å²) >= 11 is 0. The Bertz CT molecular complexity index is 1310. The van der Waals surface area contributed by atoms with Gasteiger partial charge < -0.3 is 18.9 Å². The summed E-state index contributed by atoms with van der Waals surface area (Å²) < 4.78 is 22.3. The van der Waals surface area contributed by atoms with Gasteiger partial charge in [0.15, 0.2) is 17.6 Å². The summed E-state index contributed by atoms with van der Waals surface area (Å²) in [6, 6.07) is 19.0. The van der Waals surface area contributed by atoms with Crippen molar-refractivity contribution < 1.29 is 33.4 Å². The highest BCUT2D eigenvalue weighted by molar-refractivity contribution is 6.24. The van der Waals surface area contributed by atoms with E-state index in [0.29, 0.717) is 46.5 Å².